The lowest BCUT2D eigenvalue weighted by Gasteiger charge is -2.18. The Kier molecular flexibility index (Phi) is 6.56. The van der Waals surface area contributed by atoms with Crippen LogP contribution in [0.25, 0.3) is 11.4 Å². The molecule has 0 saturated carbocycles. The van der Waals surface area contributed by atoms with Crippen molar-refractivity contribution < 1.29 is 23.1 Å². The Bertz CT molecular complexity index is 1270. The summed E-state index contributed by atoms with van der Waals surface area (Å²) < 4.78 is 40.1. The first-order valence-electron chi connectivity index (χ1n) is 10.9. The van der Waals surface area contributed by atoms with Crippen LogP contribution in [-0.4, -0.2) is 27.2 Å². The lowest BCUT2D eigenvalue weighted by atomic mass is 10.1. The van der Waals surface area contributed by atoms with Crippen molar-refractivity contribution in [2.24, 2.45) is 0 Å². The van der Waals surface area contributed by atoms with Crippen molar-refractivity contribution in [3.8, 4) is 11.4 Å². The van der Waals surface area contributed by atoms with Gasteiger partial charge >= 0.3 is 6.18 Å². The second kappa shape index (κ2) is 9.42. The maximum Gasteiger partial charge on any atom is 0.416 e. The summed E-state index contributed by atoms with van der Waals surface area (Å²) in [5.41, 5.74) is 1.77. The molecule has 34 heavy (non-hydrogen) atoms. The molecule has 1 aliphatic rings. The third-order valence-corrected chi connectivity index (χ3v) is 6.07. The predicted octanol–water partition coefficient (Wildman–Crippen LogP) is 3.58. The molecule has 9 heteroatoms. The SMILES string of the molecule is Cc1nc(-c2ccc(C(F)(F)F)cc2)n(CC(=O)NC2CCc3ccccc32)c(=O)c1CCO. The topological polar surface area (TPSA) is 84.2 Å². The van der Waals surface area contributed by atoms with E-state index in [1.165, 1.54) is 12.1 Å². The van der Waals surface area contributed by atoms with Gasteiger partial charge in [-0.2, -0.15) is 13.2 Å². The molecule has 1 unspecified atom stereocenters. The van der Waals surface area contributed by atoms with Gasteiger partial charge in [-0.1, -0.05) is 36.4 Å². The van der Waals surface area contributed by atoms with Crippen LogP contribution in [0.4, 0.5) is 13.2 Å². The number of hydrogen-bond acceptors (Lipinski definition) is 4. The third-order valence-electron chi connectivity index (χ3n) is 6.07. The number of rotatable bonds is 6. The van der Waals surface area contributed by atoms with Crippen LogP contribution in [0.3, 0.4) is 0 Å². The molecule has 0 saturated heterocycles. The summed E-state index contributed by atoms with van der Waals surface area (Å²) in [5, 5.41) is 12.3. The van der Waals surface area contributed by atoms with Gasteiger partial charge in [-0.05, 0) is 43.0 Å². The van der Waals surface area contributed by atoms with E-state index in [-0.39, 0.29) is 42.6 Å². The van der Waals surface area contributed by atoms with E-state index in [1.54, 1.807) is 6.92 Å². The smallest absolute Gasteiger partial charge is 0.396 e. The lowest BCUT2D eigenvalue weighted by Crippen LogP contribution is -2.36. The lowest BCUT2D eigenvalue weighted by molar-refractivity contribution is -0.137. The van der Waals surface area contributed by atoms with E-state index in [9.17, 15) is 27.9 Å². The van der Waals surface area contributed by atoms with E-state index >= 15 is 0 Å². The molecule has 0 radical (unpaired) electrons. The molecule has 1 aliphatic carbocycles. The molecule has 3 aromatic rings. The summed E-state index contributed by atoms with van der Waals surface area (Å²) in [6.07, 6.45) is -2.86. The molecule has 0 bridgehead atoms. The molecule has 2 N–H and O–H groups in total. The molecule has 0 spiro atoms. The first-order chi connectivity index (χ1) is 16.2. The van der Waals surface area contributed by atoms with Gasteiger partial charge in [-0.25, -0.2) is 4.98 Å². The first-order valence-corrected chi connectivity index (χ1v) is 10.9. The normalized spacial score (nSPS) is 15.3. The number of nitrogens with zero attached hydrogens (tertiary/aromatic N) is 2. The van der Waals surface area contributed by atoms with Gasteiger partial charge in [0.2, 0.25) is 5.91 Å². The number of alkyl halides is 3. The highest BCUT2D eigenvalue weighted by Gasteiger charge is 2.30. The maximum atomic E-state index is 13.2. The average molecular weight is 471 g/mol. The van der Waals surface area contributed by atoms with Crippen LogP contribution in [0.2, 0.25) is 0 Å². The Morgan fingerprint density at radius 3 is 2.56 bits per heavy atom. The van der Waals surface area contributed by atoms with Crippen molar-refractivity contribution in [2.75, 3.05) is 6.61 Å². The van der Waals surface area contributed by atoms with Crippen LogP contribution >= 0.6 is 0 Å². The fourth-order valence-electron chi connectivity index (χ4n) is 4.37. The molecule has 1 aromatic heterocycles. The number of aliphatic hydroxyl groups excluding tert-OH is 1. The van der Waals surface area contributed by atoms with E-state index in [4.69, 9.17) is 0 Å². The number of carbonyl (C=O) groups excluding carboxylic acids is 1. The van der Waals surface area contributed by atoms with Crippen molar-refractivity contribution in [2.45, 2.75) is 44.9 Å². The van der Waals surface area contributed by atoms with Crippen molar-refractivity contribution in [1.29, 1.82) is 0 Å². The van der Waals surface area contributed by atoms with Gasteiger partial charge in [0.15, 0.2) is 0 Å². The van der Waals surface area contributed by atoms with E-state index in [1.807, 2.05) is 24.3 Å². The number of carbonyl (C=O) groups is 1. The minimum absolute atomic E-state index is 0.0581. The van der Waals surface area contributed by atoms with Gasteiger partial charge in [0, 0.05) is 29.8 Å². The Morgan fingerprint density at radius 2 is 1.88 bits per heavy atom. The molecule has 1 atom stereocenters. The molecule has 0 fully saturated rings. The number of benzene rings is 2. The summed E-state index contributed by atoms with van der Waals surface area (Å²) in [5.74, 6) is -0.308. The van der Waals surface area contributed by atoms with E-state index in [0.717, 1.165) is 40.7 Å². The third kappa shape index (κ3) is 4.75. The number of fused-ring (bicyclic) bond motifs is 1. The quantitative estimate of drug-likeness (QED) is 0.576. The van der Waals surface area contributed by atoms with Gasteiger partial charge < -0.3 is 10.4 Å². The predicted molar refractivity (Wildman–Crippen MR) is 120 cm³/mol. The second-order valence-corrected chi connectivity index (χ2v) is 8.30. The van der Waals surface area contributed by atoms with Crippen LogP contribution < -0.4 is 10.9 Å². The Balaban J connectivity index is 1.68. The highest BCUT2D eigenvalue weighted by molar-refractivity contribution is 5.77. The summed E-state index contributed by atoms with van der Waals surface area (Å²) in [6.45, 7) is 0.974. The van der Waals surface area contributed by atoms with E-state index in [0.29, 0.717) is 5.69 Å². The molecule has 1 heterocycles. The van der Waals surface area contributed by atoms with Crippen LogP contribution in [0.15, 0.2) is 53.3 Å². The van der Waals surface area contributed by atoms with Gasteiger partial charge in [-0.15, -0.1) is 0 Å². The fraction of sp³-hybridized carbons (Fsp3) is 0.320. The minimum Gasteiger partial charge on any atom is -0.396 e. The van der Waals surface area contributed by atoms with Gasteiger partial charge in [0.1, 0.15) is 12.4 Å². The standard InChI is InChI=1S/C25H24F3N3O3/c1-15-19(12-13-32)24(34)31(23(29-15)17-6-9-18(10-7-17)25(26,27)28)14-22(33)30-21-11-8-16-4-2-3-5-20(16)21/h2-7,9-10,21,32H,8,11-14H2,1H3,(H,30,33). The fourth-order valence-corrected chi connectivity index (χ4v) is 4.37. The van der Waals surface area contributed by atoms with Gasteiger partial charge in [0.25, 0.3) is 5.56 Å². The number of aliphatic hydroxyl groups is 1. The Morgan fingerprint density at radius 1 is 1.18 bits per heavy atom. The molecule has 4 rings (SSSR count). The summed E-state index contributed by atoms with van der Waals surface area (Å²) in [7, 11) is 0. The summed E-state index contributed by atoms with van der Waals surface area (Å²) >= 11 is 0. The number of halogens is 3. The van der Waals surface area contributed by atoms with Crippen LogP contribution in [0.5, 0.6) is 0 Å². The van der Waals surface area contributed by atoms with Crippen molar-refractivity contribution >= 4 is 5.91 Å². The summed E-state index contributed by atoms with van der Waals surface area (Å²) in [6, 6.07) is 11.9. The van der Waals surface area contributed by atoms with E-state index in [2.05, 4.69) is 10.3 Å². The Labute approximate surface area is 194 Å². The molecule has 6 nitrogen and oxygen atoms in total. The van der Waals surface area contributed by atoms with Crippen LogP contribution in [0.1, 0.15) is 40.4 Å². The van der Waals surface area contributed by atoms with Crippen LogP contribution in [0, 0.1) is 6.92 Å². The number of hydrogen-bond donors (Lipinski definition) is 2. The second-order valence-electron chi connectivity index (χ2n) is 8.30. The Hall–Kier alpha value is -3.46. The monoisotopic (exact) mass is 471 g/mol. The highest BCUT2D eigenvalue weighted by atomic mass is 19.4. The molecule has 2 aromatic carbocycles. The maximum absolute atomic E-state index is 13.2. The number of amides is 1. The zero-order valence-corrected chi connectivity index (χ0v) is 18.5. The molecule has 1 amide bonds. The average Bonchev–Trinajstić information content (AvgIpc) is 3.20. The van der Waals surface area contributed by atoms with Crippen LogP contribution in [-0.2, 0) is 30.4 Å². The molecular formula is C25H24F3N3O3. The first kappa shape index (κ1) is 23.7. The molecule has 178 valence electrons. The largest absolute Gasteiger partial charge is 0.416 e. The summed E-state index contributed by atoms with van der Waals surface area (Å²) in [4.78, 5) is 30.6. The van der Waals surface area contributed by atoms with Crippen molar-refractivity contribution in [3.63, 3.8) is 0 Å². The zero-order valence-electron chi connectivity index (χ0n) is 18.5. The van der Waals surface area contributed by atoms with Crippen molar-refractivity contribution in [1.82, 2.24) is 14.9 Å². The zero-order chi connectivity index (χ0) is 24.5. The minimum atomic E-state index is -4.50. The van der Waals surface area contributed by atoms with Crippen molar-refractivity contribution in [3.05, 3.63) is 86.8 Å². The molecular weight excluding hydrogens is 447 g/mol. The highest BCUT2D eigenvalue weighted by Crippen LogP contribution is 2.32. The molecule has 0 aliphatic heterocycles. The van der Waals surface area contributed by atoms with Gasteiger partial charge in [-0.3, -0.25) is 14.2 Å². The number of nitrogens with one attached hydrogen (secondary N) is 1. The number of aromatic nitrogens is 2. The number of aryl methyl sites for hydroxylation is 2. The van der Waals surface area contributed by atoms with Gasteiger partial charge in [0.05, 0.1) is 11.6 Å². The van der Waals surface area contributed by atoms with E-state index < -0.39 is 23.2 Å².